The van der Waals surface area contributed by atoms with E-state index in [0.717, 1.165) is 5.56 Å². The molecule has 30 heavy (non-hydrogen) atoms. The van der Waals surface area contributed by atoms with Crippen LogP contribution in [0.5, 0.6) is 11.5 Å². The summed E-state index contributed by atoms with van der Waals surface area (Å²) in [5.74, 6) is 0.781. The van der Waals surface area contributed by atoms with Gasteiger partial charge in [0.2, 0.25) is 5.91 Å². The number of nitrogens with zero attached hydrogens (tertiary/aromatic N) is 3. The van der Waals surface area contributed by atoms with Gasteiger partial charge in [0.05, 0.1) is 13.2 Å². The highest BCUT2D eigenvalue weighted by Gasteiger charge is 2.61. The molecular formula is C22H21FN4O3. The van der Waals surface area contributed by atoms with Gasteiger partial charge in [-0.25, -0.2) is 14.1 Å². The molecule has 0 unspecified atom stereocenters. The average Bonchev–Trinajstić information content (AvgIpc) is 3.21. The van der Waals surface area contributed by atoms with Crippen molar-refractivity contribution in [3.63, 3.8) is 0 Å². The smallest absolute Gasteiger partial charge is 0.228 e. The van der Waals surface area contributed by atoms with Gasteiger partial charge in [0.15, 0.2) is 0 Å². The van der Waals surface area contributed by atoms with E-state index in [-0.39, 0.29) is 23.1 Å². The number of hydrogen-bond donors (Lipinski definition) is 1. The number of nitrogens with one attached hydrogen (secondary N) is 1. The van der Waals surface area contributed by atoms with E-state index in [2.05, 4.69) is 15.4 Å². The third-order valence-electron chi connectivity index (χ3n) is 5.83. The van der Waals surface area contributed by atoms with Crippen LogP contribution in [0.25, 0.3) is 0 Å². The highest BCUT2D eigenvalue weighted by Crippen LogP contribution is 2.61. The minimum atomic E-state index is -0.328. The molecule has 154 valence electrons. The van der Waals surface area contributed by atoms with Crippen LogP contribution < -0.4 is 14.8 Å². The fourth-order valence-electron chi connectivity index (χ4n) is 4.22. The van der Waals surface area contributed by atoms with Crippen molar-refractivity contribution in [2.45, 2.75) is 24.8 Å². The van der Waals surface area contributed by atoms with Crippen LogP contribution in [0, 0.1) is 11.7 Å². The Balaban J connectivity index is 1.23. The Labute approximate surface area is 172 Å². The zero-order valence-corrected chi connectivity index (χ0v) is 16.3. The average molecular weight is 408 g/mol. The van der Waals surface area contributed by atoms with Crippen LogP contribution in [0.1, 0.15) is 18.4 Å². The molecule has 1 saturated carbocycles. The maximum atomic E-state index is 13.8. The first kappa shape index (κ1) is 18.6. The fraction of sp³-hybridized carbons (Fsp3) is 0.318. The Morgan fingerprint density at radius 3 is 3.13 bits per heavy atom. The highest BCUT2D eigenvalue weighted by atomic mass is 19.1. The lowest BCUT2D eigenvalue weighted by Gasteiger charge is -2.26. The van der Waals surface area contributed by atoms with E-state index < -0.39 is 0 Å². The molecule has 1 amide bonds. The summed E-state index contributed by atoms with van der Waals surface area (Å²) in [7, 11) is 0. The van der Waals surface area contributed by atoms with Crippen LogP contribution in [-0.2, 0) is 16.8 Å². The van der Waals surface area contributed by atoms with Crippen LogP contribution in [0.4, 0.5) is 10.1 Å². The van der Waals surface area contributed by atoms with Crippen molar-refractivity contribution in [2.75, 3.05) is 18.5 Å². The third kappa shape index (κ3) is 3.49. The Hall–Kier alpha value is -3.42. The zero-order chi connectivity index (χ0) is 20.6. The molecule has 0 bridgehead atoms. The van der Waals surface area contributed by atoms with Gasteiger partial charge < -0.3 is 14.8 Å². The fourth-order valence-corrected chi connectivity index (χ4v) is 4.22. The van der Waals surface area contributed by atoms with E-state index >= 15 is 0 Å². The molecule has 3 aromatic rings. The van der Waals surface area contributed by atoms with Crippen LogP contribution in [-0.4, -0.2) is 33.9 Å². The maximum Gasteiger partial charge on any atom is 0.228 e. The molecule has 7 nitrogen and oxygen atoms in total. The van der Waals surface area contributed by atoms with Gasteiger partial charge in [0.25, 0.3) is 0 Å². The lowest BCUT2D eigenvalue weighted by Crippen LogP contribution is -2.26. The van der Waals surface area contributed by atoms with Gasteiger partial charge >= 0.3 is 0 Å². The standard InChI is InChI=1S/C22H21FN4O3/c23-15-4-5-20-18(10-15)22(6-8-30-20)12-19(22)21(28)26-16-2-1-3-17(11-16)29-9-7-27-14-24-13-25-27/h1-5,10-11,13-14,19H,6-9,12H2,(H,26,28)/t19-,22-/m1/s1. The quantitative estimate of drug-likeness (QED) is 0.678. The van der Waals surface area contributed by atoms with Gasteiger partial charge in [0.1, 0.15) is 36.6 Å². The summed E-state index contributed by atoms with van der Waals surface area (Å²) in [4.78, 5) is 16.8. The number of carbonyl (C=O) groups excluding carboxylic acids is 1. The van der Waals surface area contributed by atoms with Crippen molar-refractivity contribution < 1.29 is 18.7 Å². The van der Waals surface area contributed by atoms with E-state index in [1.54, 1.807) is 23.1 Å². The highest BCUT2D eigenvalue weighted by molar-refractivity contribution is 5.96. The number of fused-ring (bicyclic) bond motifs is 2. The van der Waals surface area contributed by atoms with Crippen molar-refractivity contribution >= 4 is 11.6 Å². The summed E-state index contributed by atoms with van der Waals surface area (Å²) in [5.41, 5.74) is 1.15. The molecule has 5 rings (SSSR count). The molecular weight excluding hydrogens is 387 g/mol. The Morgan fingerprint density at radius 1 is 1.33 bits per heavy atom. The summed E-state index contributed by atoms with van der Waals surface area (Å²) in [6, 6.07) is 11.9. The largest absolute Gasteiger partial charge is 0.493 e. The molecule has 1 fully saturated rings. The predicted octanol–water partition coefficient (Wildman–Crippen LogP) is 3.18. The molecule has 2 heterocycles. The molecule has 1 aromatic heterocycles. The Kier molecular flexibility index (Phi) is 4.61. The summed E-state index contributed by atoms with van der Waals surface area (Å²) < 4.78 is 26.9. The summed E-state index contributed by atoms with van der Waals surface area (Å²) in [6.07, 6.45) is 4.53. The molecule has 2 aliphatic rings. The van der Waals surface area contributed by atoms with Gasteiger partial charge in [-0.15, -0.1) is 0 Å². The molecule has 1 aliphatic carbocycles. The molecule has 1 N–H and O–H groups in total. The first-order valence-corrected chi connectivity index (χ1v) is 9.93. The number of ether oxygens (including phenoxy) is 2. The Bertz CT molecular complexity index is 1070. The Morgan fingerprint density at radius 2 is 2.27 bits per heavy atom. The van der Waals surface area contributed by atoms with Crippen molar-refractivity contribution in [3.8, 4) is 11.5 Å². The molecule has 0 saturated heterocycles. The minimum Gasteiger partial charge on any atom is -0.493 e. The number of rotatable bonds is 6. The van der Waals surface area contributed by atoms with E-state index in [0.29, 0.717) is 49.8 Å². The first-order chi connectivity index (χ1) is 14.6. The van der Waals surface area contributed by atoms with Gasteiger partial charge in [-0.2, -0.15) is 5.10 Å². The van der Waals surface area contributed by atoms with E-state index in [1.807, 2.05) is 18.2 Å². The number of anilines is 1. The molecule has 1 aliphatic heterocycles. The summed E-state index contributed by atoms with van der Waals surface area (Å²) >= 11 is 0. The number of hydrogen-bond acceptors (Lipinski definition) is 5. The topological polar surface area (TPSA) is 78.3 Å². The van der Waals surface area contributed by atoms with Crippen molar-refractivity contribution in [1.82, 2.24) is 14.8 Å². The second-order valence-corrected chi connectivity index (χ2v) is 7.68. The number of amides is 1. The van der Waals surface area contributed by atoms with Crippen LogP contribution in [0.15, 0.2) is 55.1 Å². The first-order valence-electron chi connectivity index (χ1n) is 9.93. The molecule has 2 aromatic carbocycles. The number of aromatic nitrogens is 3. The van der Waals surface area contributed by atoms with Gasteiger partial charge in [0, 0.05) is 28.7 Å². The minimum absolute atomic E-state index is 0.0631. The van der Waals surface area contributed by atoms with E-state index in [1.165, 1.54) is 18.5 Å². The SMILES string of the molecule is O=C(Nc1cccc(OCCn2cncn2)c1)[C@H]1C[C@@]12CCOc1ccc(F)cc12. The monoisotopic (exact) mass is 408 g/mol. The second-order valence-electron chi connectivity index (χ2n) is 7.68. The predicted molar refractivity (Wildman–Crippen MR) is 107 cm³/mol. The van der Waals surface area contributed by atoms with Crippen molar-refractivity contribution in [1.29, 1.82) is 0 Å². The maximum absolute atomic E-state index is 13.8. The second kappa shape index (κ2) is 7.44. The molecule has 2 atom stereocenters. The van der Waals surface area contributed by atoms with Crippen molar-refractivity contribution in [3.05, 3.63) is 66.5 Å². The van der Waals surface area contributed by atoms with Crippen molar-refractivity contribution in [2.24, 2.45) is 5.92 Å². The van der Waals surface area contributed by atoms with Gasteiger partial charge in [-0.05, 0) is 43.2 Å². The van der Waals surface area contributed by atoms with E-state index in [9.17, 15) is 9.18 Å². The van der Waals surface area contributed by atoms with Gasteiger partial charge in [-0.3, -0.25) is 4.79 Å². The molecule has 8 heteroatoms. The van der Waals surface area contributed by atoms with Crippen LogP contribution >= 0.6 is 0 Å². The molecule has 0 radical (unpaired) electrons. The lowest BCUT2D eigenvalue weighted by molar-refractivity contribution is -0.117. The number of halogens is 1. The lowest BCUT2D eigenvalue weighted by atomic mass is 9.87. The number of benzene rings is 2. The van der Waals surface area contributed by atoms with Gasteiger partial charge in [-0.1, -0.05) is 6.07 Å². The normalized spacial score (nSPS) is 21.6. The number of carbonyl (C=O) groups is 1. The summed E-state index contributed by atoms with van der Waals surface area (Å²) in [5, 5.41) is 7.01. The van der Waals surface area contributed by atoms with E-state index in [4.69, 9.17) is 9.47 Å². The summed E-state index contributed by atoms with van der Waals surface area (Å²) in [6.45, 7) is 1.56. The molecule has 1 spiro atoms. The zero-order valence-electron chi connectivity index (χ0n) is 16.3. The van der Waals surface area contributed by atoms with Crippen LogP contribution in [0.2, 0.25) is 0 Å². The third-order valence-corrected chi connectivity index (χ3v) is 5.83. The van der Waals surface area contributed by atoms with Crippen LogP contribution in [0.3, 0.4) is 0 Å².